The number of hydrogen-bond acceptors (Lipinski definition) is 0. The van der Waals surface area contributed by atoms with Crippen molar-refractivity contribution >= 4 is 0 Å². The van der Waals surface area contributed by atoms with E-state index in [1.807, 2.05) is 0 Å². The van der Waals surface area contributed by atoms with E-state index in [4.69, 9.17) is 0 Å². The Kier molecular flexibility index (Phi) is 17.2. The fraction of sp³-hybridized carbons (Fsp3) is 0.545. The van der Waals surface area contributed by atoms with E-state index in [9.17, 15) is 0 Å². The summed E-state index contributed by atoms with van der Waals surface area (Å²) in [5.74, 6) is 0. The molecule has 146 valence electrons. The first-order valence-electron chi connectivity index (χ1n) is 9.83. The third kappa shape index (κ3) is 12.6. The summed E-state index contributed by atoms with van der Waals surface area (Å²) in [7, 11) is 0. The van der Waals surface area contributed by atoms with Crippen LogP contribution in [0.2, 0.25) is 0 Å². The molecule has 0 amide bonds. The summed E-state index contributed by atoms with van der Waals surface area (Å²) in [6.07, 6.45) is 22.5. The molecule has 0 aliphatic heterocycles. The molecular formula is C22H34Br2N2. The number of aryl methyl sites for hydroxylation is 2. The van der Waals surface area contributed by atoms with Gasteiger partial charge in [0.2, 0.25) is 0 Å². The van der Waals surface area contributed by atoms with Gasteiger partial charge in [0.05, 0.1) is 0 Å². The molecule has 2 aromatic rings. The lowest BCUT2D eigenvalue weighted by Crippen LogP contribution is -3.00. The van der Waals surface area contributed by atoms with Crippen LogP contribution in [0.4, 0.5) is 0 Å². The van der Waals surface area contributed by atoms with Crippen LogP contribution in [0.25, 0.3) is 0 Å². The van der Waals surface area contributed by atoms with Crippen LogP contribution in [-0.2, 0) is 13.1 Å². The van der Waals surface area contributed by atoms with Crippen molar-refractivity contribution in [3.05, 3.63) is 61.2 Å². The number of hydrogen-bond donors (Lipinski definition) is 0. The van der Waals surface area contributed by atoms with Gasteiger partial charge in [0.1, 0.15) is 13.1 Å². The maximum Gasteiger partial charge on any atom is 0.168 e. The monoisotopic (exact) mass is 484 g/mol. The van der Waals surface area contributed by atoms with Gasteiger partial charge in [-0.1, -0.05) is 50.7 Å². The molecule has 2 rings (SSSR count). The average Bonchev–Trinajstić information content (AvgIpc) is 2.64. The summed E-state index contributed by atoms with van der Waals surface area (Å²) in [6, 6.07) is 12.6. The molecule has 0 saturated carbocycles. The Hall–Kier alpha value is -0.740. The van der Waals surface area contributed by atoms with Gasteiger partial charge in [0.25, 0.3) is 0 Å². The van der Waals surface area contributed by atoms with Gasteiger partial charge >= 0.3 is 0 Å². The van der Waals surface area contributed by atoms with Crippen LogP contribution in [0.15, 0.2) is 61.2 Å². The molecule has 2 heterocycles. The molecule has 0 atom stereocenters. The highest BCUT2D eigenvalue weighted by Gasteiger charge is 1.99. The molecule has 0 aliphatic rings. The molecular weight excluding hydrogens is 452 g/mol. The van der Waals surface area contributed by atoms with Crippen molar-refractivity contribution in [1.29, 1.82) is 0 Å². The van der Waals surface area contributed by atoms with Crippen molar-refractivity contribution in [3.63, 3.8) is 0 Å². The summed E-state index contributed by atoms with van der Waals surface area (Å²) < 4.78 is 4.57. The van der Waals surface area contributed by atoms with Crippen molar-refractivity contribution in [2.75, 3.05) is 0 Å². The minimum Gasteiger partial charge on any atom is -1.00 e. The standard InChI is InChI=1S/C22H34N2.2BrH/c1(3-5-7-11-17-23-19-13-9-14-20-23)2-4-6-8-12-18-24-21-15-10-16-22-24;;/h9-10,13-16,19-22H,1-8,11-12,17-18H2;2*1H/q+2;;/p-2. The molecule has 0 aliphatic carbocycles. The van der Waals surface area contributed by atoms with Gasteiger partial charge < -0.3 is 34.0 Å². The van der Waals surface area contributed by atoms with Gasteiger partial charge in [-0.15, -0.1) is 0 Å². The molecule has 26 heavy (non-hydrogen) atoms. The van der Waals surface area contributed by atoms with Crippen LogP contribution in [0.3, 0.4) is 0 Å². The van der Waals surface area contributed by atoms with E-state index in [-0.39, 0.29) is 34.0 Å². The maximum absolute atomic E-state index is 2.29. The Balaban J connectivity index is 0.00000312. The van der Waals surface area contributed by atoms with Crippen molar-refractivity contribution in [2.24, 2.45) is 0 Å². The molecule has 0 radical (unpaired) electrons. The Labute approximate surface area is 181 Å². The number of nitrogens with zero attached hydrogens (tertiary/aromatic N) is 2. The zero-order valence-electron chi connectivity index (χ0n) is 15.9. The smallest absolute Gasteiger partial charge is 0.168 e. The van der Waals surface area contributed by atoms with Crippen LogP contribution in [0.1, 0.15) is 64.2 Å². The highest BCUT2D eigenvalue weighted by molar-refractivity contribution is 4.84. The molecule has 0 aromatic carbocycles. The third-order valence-electron chi connectivity index (χ3n) is 4.64. The fourth-order valence-corrected chi connectivity index (χ4v) is 3.17. The van der Waals surface area contributed by atoms with Crippen LogP contribution >= 0.6 is 0 Å². The number of pyridine rings is 2. The molecule has 0 unspecified atom stereocenters. The second-order valence-electron chi connectivity index (χ2n) is 6.76. The molecule has 0 fully saturated rings. The van der Waals surface area contributed by atoms with Gasteiger partial charge in [-0.3, -0.25) is 0 Å². The quantitative estimate of drug-likeness (QED) is 0.250. The van der Waals surface area contributed by atoms with E-state index in [1.165, 1.54) is 77.3 Å². The molecule has 2 nitrogen and oxygen atoms in total. The summed E-state index contributed by atoms with van der Waals surface area (Å²) in [5, 5.41) is 0. The summed E-state index contributed by atoms with van der Waals surface area (Å²) >= 11 is 0. The molecule has 0 bridgehead atoms. The highest BCUT2D eigenvalue weighted by atomic mass is 79.9. The zero-order valence-corrected chi connectivity index (χ0v) is 19.1. The lowest BCUT2D eigenvalue weighted by atomic mass is 10.1. The lowest BCUT2D eigenvalue weighted by molar-refractivity contribution is -0.697. The van der Waals surface area contributed by atoms with Crippen molar-refractivity contribution in [3.8, 4) is 0 Å². The van der Waals surface area contributed by atoms with E-state index < -0.39 is 0 Å². The maximum atomic E-state index is 2.29. The minimum absolute atomic E-state index is 0. The summed E-state index contributed by atoms with van der Waals surface area (Å²) in [4.78, 5) is 0. The first-order chi connectivity index (χ1) is 11.9. The lowest BCUT2D eigenvalue weighted by Gasteiger charge is -2.02. The molecule has 0 spiro atoms. The number of rotatable bonds is 13. The van der Waals surface area contributed by atoms with E-state index in [1.54, 1.807) is 0 Å². The topological polar surface area (TPSA) is 7.76 Å². The SMILES string of the molecule is [Br-].[Br-].c1cc[n+](CCCCCCCCCCCC[n+]2ccccc2)cc1. The van der Waals surface area contributed by atoms with Crippen molar-refractivity contribution < 1.29 is 43.1 Å². The van der Waals surface area contributed by atoms with Crippen molar-refractivity contribution in [2.45, 2.75) is 77.3 Å². The molecule has 0 saturated heterocycles. The van der Waals surface area contributed by atoms with Gasteiger partial charge in [0.15, 0.2) is 24.8 Å². The first-order valence-corrected chi connectivity index (χ1v) is 9.83. The van der Waals surface area contributed by atoms with E-state index in [0.29, 0.717) is 0 Å². The van der Waals surface area contributed by atoms with Gasteiger partial charge in [-0.25, -0.2) is 9.13 Å². The predicted molar refractivity (Wildman–Crippen MR) is 99.4 cm³/mol. The average molecular weight is 486 g/mol. The summed E-state index contributed by atoms with van der Waals surface area (Å²) in [6.45, 7) is 2.33. The number of aromatic nitrogens is 2. The summed E-state index contributed by atoms with van der Waals surface area (Å²) in [5.41, 5.74) is 0. The zero-order chi connectivity index (χ0) is 16.7. The van der Waals surface area contributed by atoms with Gasteiger partial charge in [0, 0.05) is 37.1 Å². The van der Waals surface area contributed by atoms with E-state index >= 15 is 0 Å². The number of unbranched alkanes of at least 4 members (excludes halogenated alkanes) is 9. The molecule has 2 aromatic heterocycles. The molecule has 0 N–H and O–H groups in total. The van der Waals surface area contributed by atoms with Crippen LogP contribution in [-0.4, -0.2) is 0 Å². The highest BCUT2D eigenvalue weighted by Crippen LogP contribution is 2.10. The fourth-order valence-electron chi connectivity index (χ4n) is 3.17. The minimum atomic E-state index is 0. The first kappa shape index (κ1) is 25.3. The van der Waals surface area contributed by atoms with Gasteiger partial charge in [-0.2, -0.15) is 0 Å². The largest absolute Gasteiger partial charge is 1.00 e. The predicted octanol–water partition coefficient (Wildman–Crippen LogP) is -1.13. The normalized spacial score (nSPS) is 10.0. The Morgan fingerprint density at radius 3 is 0.923 bits per heavy atom. The third-order valence-corrected chi connectivity index (χ3v) is 4.64. The van der Waals surface area contributed by atoms with E-state index in [2.05, 4.69) is 70.3 Å². The van der Waals surface area contributed by atoms with E-state index in [0.717, 1.165) is 0 Å². The van der Waals surface area contributed by atoms with Crippen LogP contribution in [0, 0.1) is 0 Å². The number of halogens is 2. The van der Waals surface area contributed by atoms with Crippen molar-refractivity contribution in [1.82, 2.24) is 0 Å². The van der Waals surface area contributed by atoms with Crippen LogP contribution < -0.4 is 43.1 Å². The van der Waals surface area contributed by atoms with Gasteiger partial charge in [-0.05, 0) is 12.8 Å². The second kappa shape index (κ2) is 17.7. The molecule has 4 heteroatoms. The Bertz CT molecular complexity index is 471. The van der Waals surface area contributed by atoms with Crippen LogP contribution in [0.5, 0.6) is 0 Å². The second-order valence-corrected chi connectivity index (χ2v) is 6.76. The Morgan fingerprint density at radius 1 is 0.346 bits per heavy atom. The Morgan fingerprint density at radius 2 is 0.615 bits per heavy atom.